The van der Waals surface area contributed by atoms with Crippen molar-refractivity contribution < 1.29 is 28.9 Å². The van der Waals surface area contributed by atoms with E-state index in [4.69, 9.17) is 14.2 Å². The molecule has 0 aromatic heterocycles. The third-order valence-corrected chi connectivity index (χ3v) is 6.63. The van der Waals surface area contributed by atoms with Crippen molar-refractivity contribution in [2.75, 3.05) is 65.0 Å². The molecule has 2 aromatic rings. The molecule has 4 rings (SSSR count). The van der Waals surface area contributed by atoms with Crippen molar-refractivity contribution in [2.45, 2.75) is 25.0 Å². The number of aliphatic hydroxyl groups excluding tert-OH is 1. The molecule has 0 radical (unpaired) electrons. The van der Waals surface area contributed by atoms with E-state index in [-0.39, 0.29) is 18.5 Å². The molecule has 2 fully saturated rings. The van der Waals surface area contributed by atoms with Gasteiger partial charge in [-0.3, -0.25) is 9.69 Å². The number of carbonyl (C=O) groups is 2. The van der Waals surface area contributed by atoms with Crippen molar-refractivity contribution in [3.63, 3.8) is 0 Å². The van der Waals surface area contributed by atoms with Crippen LogP contribution in [-0.4, -0.2) is 98.6 Å². The maximum Gasteiger partial charge on any atom is 0.321 e. The normalized spacial score (nSPS) is 20.5. The van der Waals surface area contributed by atoms with Crippen LogP contribution in [0.15, 0.2) is 48.5 Å². The minimum absolute atomic E-state index is 0.200. The molecule has 2 aromatic carbocycles. The van der Waals surface area contributed by atoms with E-state index < -0.39 is 12.1 Å². The highest BCUT2D eigenvalue weighted by Crippen LogP contribution is 2.19. The largest absolute Gasteiger partial charge is 0.497 e. The molecule has 0 saturated carbocycles. The van der Waals surface area contributed by atoms with Crippen LogP contribution in [0.1, 0.15) is 23.2 Å². The lowest BCUT2D eigenvalue weighted by Gasteiger charge is -2.27. The Hall–Kier alpha value is -3.34. The number of carbonyl (C=O) groups excluding carboxylic acids is 2. The number of anilines is 1. The third-order valence-electron chi connectivity index (χ3n) is 6.63. The highest BCUT2D eigenvalue weighted by molar-refractivity contribution is 5.94. The Kier molecular flexibility index (Phi) is 9.58. The zero-order chi connectivity index (χ0) is 26.0. The summed E-state index contributed by atoms with van der Waals surface area (Å²) < 4.78 is 16.4. The van der Waals surface area contributed by atoms with Crippen molar-refractivity contribution in [1.82, 2.24) is 15.1 Å². The first-order valence-electron chi connectivity index (χ1n) is 12.7. The summed E-state index contributed by atoms with van der Waals surface area (Å²) in [5, 5.41) is 16.4. The first-order valence-corrected chi connectivity index (χ1v) is 12.7. The molecule has 2 aliphatic heterocycles. The zero-order valence-electron chi connectivity index (χ0n) is 21.2. The molecule has 2 heterocycles. The summed E-state index contributed by atoms with van der Waals surface area (Å²) in [6.45, 7) is 5.40. The van der Waals surface area contributed by atoms with Gasteiger partial charge in [0.15, 0.2) is 0 Å². The molecule has 10 heteroatoms. The average Bonchev–Trinajstić information content (AvgIpc) is 3.11. The van der Waals surface area contributed by atoms with Crippen molar-refractivity contribution in [3.8, 4) is 11.5 Å². The Morgan fingerprint density at radius 3 is 2.62 bits per heavy atom. The summed E-state index contributed by atoms with van der Waals surface area (Å²) in [6, 6.07) is 13.2. The predicted molar refractivity (Wildman–Crippen MR) is 139 cm³/mol. The number of amides is 3. The second-order valence-corrected chi connectivity index (χ2v) is 9.22. The lowest BCUT2D eigenvalue weighted by atomic mass is 10.1. The van der Waals surface area contributed by atoms with Gasteiger partial charge in [-0.15, -0.1) is 0 Å². The van der Waals surface area contributed by atoms with E-state index in [1.54, 1.807) is 60.5 Å². The molecule has 37 heavy (non-hydrogen) atoms. The van der Waals surface area contributed by atoms with Crippen LogP contribution in [0.25, 0.3) is 0 Å². The Balaban J connectivity index is 1.29. The predicted octanol–water partition coefficient (Wildman–Crippen LogP) is 2.19. The van der Waals surface area contributed by atoms with Gasteiger partial charge in [0.1, 0.15) is 18.1 Å². The monoisotopic (exact) mass is 512 g/mol. The third kappa shape index (κ3) is 7.82. The smallest absolute Gasteiger partial charge is 0.321 e. The van der Waals surface area contributed by atoms with Gasteiger partial charge in [0.25, 0.3) is 5.91 Å². The number of ether oxygens (including phenoxy) is 3. The van der Waals surface area contributed by atoms with E-state index in [1.165, 1.54) is 0 Å². The van der Waals surface area contributed by atoms with Crippen LogP contribution in [0.4, 0.5) is 10.5 Å². The molecular weight excluding hydrogens is 476 g/mol. The molecular formula is C27H36N4O6. The van der Waals surface area contributed by atoms with Gasteiger partial charge in [-0.1, -0.05) is 6.07 Å². The van der Waals surface area contributed by atoms with Gasteiger partial charge in [-0.05, 0) is 49.2 Å². The van der Waals surface area contributed by atoms with E-state index in [0.29, 0.717) is 48.7 Å². The van der Waals surface area contributed by atoms with Crippen LogP contribution in [0.3, 0.4) is 0 Å². The summed E-state index contributed by atoms with van der Waals surface area (Å²) >= 11 is 0. The standard InChI is InChI=1S/C27H36N4O6/c1-35-23-5-2-4-21(18-23)28-27(34)31-11-3-6-25(32)24(19-31)29-26(33)20-7-9-22(10-8-20)37-17-14-30-12-15-36-16-13-30/h2,4-5,7-10,18,24-25,32H,3,6,11-17,19H2,1H3,(H,28,34)(H,29,33). The maximum atomic E-state index is 12.9. The number of hydrogen-bond acceptors (Lipinski definition) is 7. The number of urea groups is 1. The number of nitrogens with zero attached hydrogens (tertiary/aromatic N) is 2. The highest BCUT2D eigenvalue weighted by Gasteiger charge is 2.29. The van der Waals surface area contributed by atoms with Crippen molar-refractivity contribution in [3.05, 3.63) is 54.1 Å². The average molecular weight is 513 g/mol. The quantitative estimate of drug-likeness (QED) is 0.497. The summed E-state index contributed by atoms with van der Waals surface area (Å²) in [5.74, 6) is 1.03. The number of rotatable bonds is 8. The number of likely N-dealkylation sites (tertiary alicyclic amines) is 1. The van der Waals surface area contributed by atoms with E-state index in [1.807, 2.05) is 0 Å². The summed E-state index contributed by atoms with van der Waals surface area (Å²) in [6.07, 6.45) is 0.376. The van der Waals surface area contributed by atoms with Crippen molar-refractivity contribution in [1.29, 1.82) is 0 Å². The fourth-order valence-corrected chi connectivity index (χ4v) is 4.44. The number of methoxy groups -OCH3 is 1. The van der Waals surface area contributed by atoms with Crippen LogP contribution in [0, 0.1) is 0 Å². The van der Waals surface area contributed by atoms with Crippen LogP contribution in [0.5, 0.6) is 11.5 Å². The zero-order valence-corrected chi connectivity index (χ0v) is 21.2. The minimum Gasteiger partial charge on any atom is -0.497 e. The fourth-order valence-electron chi connectivity index (χ4n) is 4.44. The lowest BCUT2D eigenvalue weighted by Crippen LogP contribution is -2.50. The number of aliphatic hydroxyl groups is 1. The molecule has 2 atom stereocenters. The van der Waals surface area contributed by atoms with Gasteiger partial charge in [-0.2, -0.15) is 0 Å². The molecule has 2 aliphatic rings. The molecule has 0 spiro atoms. The van der Waals surface area contributed by atoms with E-state index in [9.17, 15) is 14.7 Å². The second-order valence-electron chi connectivity index (χ2n) is 9.22. The SMILES string of the molecule is COc1cccc(NC(=O)N2CCCC(O)C(NC(=O)c3ccc(OCCN4CCOCC4)cc3)C2)c1. The number of benzene rings is 2. The number of hydrogen-bond donors (Lipinski definition) is 3. The van der Waals surface area contributed by atoms with E-state index >= 15 is 0 Å². The number of morpholine rings is 1. The molecule has 3 N–H and O–H groups in total. The molecule has 0 bridgehead atoms. The molecule has 2 unspecified atom stereocenters. The van der Waals surface area contributed by atoms with Gasteiger partial charge < -0.3 is 34.9 Å². The Bertz CT molecular complexity index is 1030. The van der Waals surface area contributed by atoms with Gasteiger partial charge in [-0.25, -0.2) is 4.79 Å². The fraction of sp³-hybridized carbons (Fsp3) is 0.481. The molecule has 3 amide bonds. The van der Waals surface area contributed by atoms with Gasteiger partial charge in [0.05, 0.1) is 32.5 Å². The highest BCUT2D eigenvalue weighted by atomic mass is 16.5. The Labute approximate surface area is 217 Å². The van der Waals surface area contributed by atoms with Crippen molar-refractivity contribution in [2.24, 2.45) is 0 Å². The summed E-state index contributed by atoms with van der Waals surface area (Å²) in [4.78, 5) is 29.7. The summed E-state index contributed by atoms with van der Waals surface area (Å²) in [5.41, 5.74) is 1.08. The summed E-state index contributed by atoms with van der Waals surface area (Å²) in [7, 11) is 1.57. The molecule has 2 saturated heterocycles. The Morgan fingerprint density at radius 2 is 1.86 bits per heavy atom. The first-order chi connectivity index (χ1) is 18.0. The topological polar surface area (TPSA) is 113 Å². The van der Waals surface area contributed by atoms with Gasteiger partial charge in [0, 0.05) is 50.0 Å². The van der Waals surface area contributed by atoms with E-state index in [0.717, 1.165) is 32.8 Å². The van der Waals surface area contributed by atoms with E-state index in [2.05, 4.69) is 15.5 Å². The molecule has 200 valence electrons. The van der Waals surface area contributed by atoms with Crippen LogP contribution in [0.2, 0.25) is 0 Å². The van der Waals surface area contributed by atoms with Crippen molar-refractivity contribution >= 4 is 17.6 Å². The number of nitrogens with one attached hydrogen (secondary N) is 2. The van der Waals surface area contributed by atoms with Crippen LogP contribution >= 0.6 is 0 Å². The maximum absolute atomic E-state index is 12.9. The van der Waals surface area contributed by atoms with Gasteiger partial charge >= 0.3 is 6.03 Å². The lowest BCUT2D eigenvalue weighted by molar-refractivity contribution is 0.0322. The second kappa shape index (κ2) is 13.3. The van der Waals surface area contributed by atoms with Crippen LogP contribution in [-0.2, 0) is 4.74 Å². The minimum atomic E-state index is -0.749. The van der Waals surface area contributed by atoms with Gasteiger partial charge in [0.2, 0.25) is 0 Å². The Morgan fingerprint density at radius 1 is 1.08 bits per heavy atom. The van der Waals surface area contributed by atoms with Crippen LogP contribution < -0.4 is 20.1 Å². The molecule has 10 nitrogen and oxygen atoms in total. The first kappa shape index (κ1) is 26.7. The molecule has 0 aliphatic carbocycles.